The largest absolute Gasteiger partial charge is 0.384 e. The Kier molecular flexibility index (Phi) is 3.06. The predicted octanol–water partition coefficient (Wildman–Crippen LogP) is 0.176. The highest BCUT2D eigenvalue weighted by atomic mass is 16.5. The van der Waals surface area contributed by atoms with Crippen molar-refractivity contribution in [3.05, 3.63) is 24.5 Å². The van der Waals surface area contributed by atoms with Crippen LogP contribution in [0.2, 0.25) is 0 Å². The Bertz CT molecular complexity index is 455. The number of nitrogens with two attached hydrogens (primary N) is 1. The SMILES string of the molecule is CCOCc1nc(N)cc(-n2cncn2)n1. The summed E-state index contributed by atoms with van der Waals surface area (Å²) in [5, 5.41) is 3.97. The van der Waals surface area contributed by atoms with Gasteiger partial charge in [-0.15, -0.1) is 0 Å². The van der Waals surface area contributed by atoms with Crippen molar-refractivity contribution in [2.75, 3.05) is 12.3 Å². The first kappa shape index (κ1) is 10.5. The zero-order valence-corrected chi connectivity index (χ0v) is 8.87. The summed E-state index contributed by atoms with van der Waals surface area (Å²) in [6, 6.07) is 1.63. The second-order valence-corrected chi connectivity index (χ2v) is 3.04. The van der Waals surface area contributed by atoms with Crippen LogP contribution in [0.25, 0.3) is 5.82 Å². The Balaban J connectivity index is 2.29. The van der Waals surface area contributed by atoms with Crippen molar-refractivity contribution in [3.8, 4) is 5.82 Å². The van der Waals surface area contributed by atoms with Gasteiger partial charge in [-0.1, -0.05) is 0 Å². The van der Waals surface area contributed by atoms with Crippen LogP contribution in [0.5, 0.6) is 0 Å². The number of nitrogens with zero attached hydrogens (tertiary/aromatic N) is 5. The van der Waals surface area contributed by atoms with Gasteiger partial charge < -0.3 is 10.5 Å². The topological polar surface area (TPSA) is 91.7 Å². The number of aromatic nitrogens is 5. The summed E-state index contributed by atoms with van der Waals surface area (Å²) in [7, 11) is 0. The lowest BCUT2D eigenvalue weighted by molar-refractivity contribution is 0.128. The van der Waals surface area contributed by atoms with Gasteiger partial charge in [-0.25, -0.2) is 19.6 Å². The van der Waals surface area contributed by atoms with Gasteiger partial charge in [0.25, 0.3) is 0 Å². The Morgan fingerprint density at radius 1 is 1.44 bits per heavy atom. The van der Waals surface area contributed by atoms with Gasteiger partial charge in [0.15, 0.2) is 11.6 Å². The summed E-state index contributed by atoms with van der Waals surface area (Å²) in [6.45, 7) is 2.85. The minimum Gasteiger partial charge on any atom is -0.384 e. The molecule has 0 aromatic carbocycles. The summed E-state index contributed by atoms with van der Waals surface area (Å²) in [4.78, 5) is 12.2. The van der Waals surface area contributed by atoms with Crippen molar-refractivity contribution in [1.29, 1.82) is 0 Å². The molecule has 0 amide bonds. The molecule has 0 bridgehead atoms. The molecule has 7 heteroatoms. The van der Waals surface area contributed by atoms with Gasteiger partial charge in [-0.2, -0.15) is 5.10 Å². The molecule has 2 aromatic rings. The van der Waals surface area contributed by atoms with Crippen molar-refractivity contribution in [2.24, 2.45) is 0 Å². The maximum atomic E-state index is 5.67. The number of anilines is 1. The van der Waals surface area contributed by atoms with Crippen LogP contribution in [-0.2, 0) is 11.3 Å². The minimum atomic E-state index is 0.337. The van der Waals surface area contributed by atoms with Gasteiger partial charge >= 0.3 is 0 Å². The van der Waals surface area contributed by atoms with Crippen LogP contribution in [0.4, 0.5) is 5.82 Å². The van der Waals surface area contributed by atoms with Crippen molar-refractivity contribution >= 4 is 5.82 Å². The standard InChI is InChI=1S/C9H12N6O/c1-2-16-4-8-13-7(10)3-9(14-8)15-6-11-5-12-15/h3,5-6H,2,4H2,1H3,(H2,10,13,14). The van der Waals surface area contributed by atoms with Crippen molar-refractivity contribution in [3.63, 3.8) is 0 Å². The molecule has 84 valence electrons. The average Bonchev–Trinajstić information content (AvgIpc) is 2.79. The Morgan fingerprint density at radius 2 is 2.31 bits per heavy atom. The van der Waals surface area contributed by atoms with Crippen LogP contribution < -0.4 is 5.73 Å². The summed E-state index contributed by atoms with van der Waals surface area (Å²) in [5.41, 5.74) is 5.67. The van der Waals surface area contributed by atoms with E-state index in [9.17, 15) is 0 Å². The number of hydrogen-bond donors (Lipinski definition) is 1. The molecule has 0 fully saturated rings. The van der Waals surface area contributed by atoms with Crippen LogP contribution in [0.1, 0.15) is 12.7 Å². The molecular formula is C9H12N6O. The van der Waals surface area contributed by atoms with Crippen molar-refractivity contribution in [2.45, 2.75) is 13.5 Å². The van der Waals surface area contributed by atoms with Crippen LogP contribution >= 0.6 is 0 Å². The van der Waals surface area contributed by atoms with Crippen LogP contribution in [0, 0.1) is 0 Å². The Hall–Kier alpha value is -2.02. The van der Waals surface area contributed by atoms with Crippen LogP contribution in [-0.4, -0.2) is 31.3 Å². The minimum absolute atomic E-state index is 0.337. The molecule has 0 spiro atoms. The van der Waals surface area contributed by atoms with Crippen LogP contribution in [0.3, 0.4) is 0 Å². The van der Waals surface area contributed by atoms with Gasteiger partial charge in [0.05, 0.1) is 0 Å². The monoisotopic (exact) mass is 220 g/mol. The second-order valence-electron chi connectivity index (χ2n) is 3.04. The van der Waals surface area contributed by atoms with Gasteiger partial charge in [0.2, 0.25) is 0 Å². The lowest BCUT2D eigenvalue weighted by Gasteiger charge is -2.05. The maximum Gasteiger partial charge on any atom is 0.161 e. The third-order valence-corrected chi connectivity index (χ3v) is 1.87. The second kappa shape index (κ2) is 4.67. The molecule has 16 heavy (non-hydrogen) atoms. The summed E-state index contributed by atoms with van der Waals surface area (Å²) in [6.07, 6.45) is 2.98. The average molecular weight is 220 g/mol. The van der Waals surface area contributed by atoms with Gasteiger partial charge in [0, 0.05) is 12.7 Å². The highest BCUT2D eigenvalue weighted by molar-refractivity contribution is 5.36. The lowest BCUT2D eigenvalue weighted by Crippen LogP contribution is -2.07. The van der Waals surface area contributed by atoms with Gasteiger partial charge in [-0.05, 0) is 6.92 Å². The number of ether oxygens (including phenoxy) is 1. The van der Waals surface area contributed by atoms with E-state index in [0.717, 1.165) is 0 Å². The first-order chi connectivity index (χ1) is 7.79. The highest BCUT2D eigenvalue weighted by Gasteiger charge is 2.04. The van der Waals surface area contributed by atoms with E-state index in [1.165, 1.54) is 11.0 Å². The number of rotatable bonds is 4. The molecule has 0 aliphatic rings. The molecule has 0 atom stereocenters. The van der Waals surface area contributed by atoms with E-state index in [4.69, 9.17) is 10.5 Å². The fourth-order valence-electron chi connectivity index (χ4n) is 1.20. The third kappa shape index (κ3) is 2.31. The van der Waals surface area contributed by atoms with E-state index in [2.05, 4.69) is 20.1 Å². The molecule has 0 aliphatic carbocycles. The normalized spacial score (nSPS) is 10.6. The number of nitrogen functional groups attached to an aromatic ring is 1. The quantitative estimate of drug-likeness (QED) is 0.790. The van der Waals surface area contributed by atoms with E-state index < -0.39 is 0 Å². The molecular weight excluding hydrogens is 208 g/mol. The molecule has 0 radical (unpaired) electrons. The molecule has 0 saturated heterocycles. The maximum absolute atomic E-state index is 5.67. The zero-order chi connectivity index (χ0) is 11.4. The van der Waals surface area contributed by atoms with E-state index in [0.29, 0.717) is 30.7 Å². The molecule has 2 heterocycles. The first-order valence-electron chi connectivity index (χ1n) is 4.85. The highest BCUT2D eigenvalue weighted by Crippen LogP contribution is 2.07. The van der Waals surface area contributed by atoms with Gasteiger partial charge in [0.1, 0.15) is 25.1 Å². The van der Waals surface area contributed by atoms with E-state index in [1.54, 1.807) is 12.4 Å². The third-order valence-electron chi connectivity index (χ3n) is 1.87. The predicted molar refractivity (Wildman–Crippen MR) is 56.7 cm³/mol. The summed E-state index contributed by atoms with van der Waals surface area (Å²) >= 11 is 0. The fraction of sp³-hybridized carbons (Fsp3) is 0.333. The molecule has 0 aliphatic heterocycles. The van der Waals surface area contributed by atoms with Crippen molar-refractivity contribution in [1.82, 2.24) is 24.7 Å². The number of hydrogen-bond acceptors (Lipinski definition) is 6. The Labute approximate surface area is 92.3 Å². The fourth-order valence-corrected chi connectivity index (χ4v) is 1.20. The molecule has 2 N–H and O–H groups in total. The molecule has 2 rings (SSSR count). The van der Waals surface area contributed by atoms with Crippen molar-refractivity contribution < 1.29 is 4.74 Å². The molecule has 2 aromatic heterocycles. The zero-order valence-electron chi connectivity index (χ0n) is 8.87. The summed E-state index contributed by atoms with van der Waals surface area (Å²) < 4.78 is 6.74. The Morgan fingerprint density at radius 3 is 3.00 bits per heavy atom. The van der Waals surface area contributed by atoms with Gasteiger partial charge in [-0.3, -0.25) is 0 Å². The molecule has 7 nitrogen and oxygen atoms in total. The first-order valence-corrected chi connectivity index (χ1v) is 4.85. The smallest absolute Gasteiger partial charge is 0.161 e. The lowest BCUT2D eigenvalue weighted by atomic mass is 10.5. The summed E-state index contributed by atoms with van der Waals surface area (Å²) in [5.74, 6) is 1.50. The van der Waals surface area contributed by atoms with E-state index in [-0.39, 0.29) is 0 Å². The van der Waals surface area contributed by atoms with E-state index >= 15 is 0 Å². The molecule has 0 unspecified atom stereocenters. The molecule has 0 saturated carbocycles. The van der Waals surface area contributed by atoms with E-state index in [1.807, 2.05) is 6.92 Å². The van der Waals surface area contributed by atoms with Crippen LogP contribution in [0.15, 0.2) is 18.7 Å².